The molecule has 1 fully saturated rings. The second kappa shape index (κ2) is 7.02. The molecule has 1 aliphatic rings. The molecule has 5 heteroatoms. The molecule has 0 aromatic carbocycles. The molecule has 1 aromatic rings. The fraction of sp³-hybridized carbons (Fsp3) is 0.786. The van der Waals surface area contributed by atoms with Crippen molar-refractivity contribution in [2.75, 3.05) is 33.7 Å². The van der Waals surface area contributed by atoms with E-state index in [-0.39, 0.29) is 0 Å². The topological polar surface area (TPSA) is 19.4 Å². The molecule has 1 aromatic heterocycles. The zero-order valence-electron chi connectivity index (χ0n) is 12.1. The van der Waals surface area contributed by atoms with E-state index in [0.717, 1.165) is 11.6 Å². The van der Waals surface area contributed by atoms with Crippen molar-refractivity contribution in [3.05, 3.63) is 16.1 Å². The summed E-state index contributed by atoms with van der Waals surface area (Å²) in [5, 5.41) is 3.29. The average Bonchev–Trinajstić information content (AvgIpc) is 2.87. The van der Waals surface area contributed by atoms with Gasteiger partial charge in [0, 0.05) is 11.9 Å². The van der Waals surface area contributed by atoms with Crippen LogP contribution in [0.25, 0.3) is 0 Å². The molecule has 1 saturated heterocycles. The molecule has 0 bridgehead atoms. The molecule has 0 radical (unpaired) electrons. The van der Waals surface area contributed by atoms with Crippen molar-refractivity contribution in [3.8, 4) is 0 Å². The van der Waals surface area contributed by atoms with Gasteiger partial charge in [0.2, 0.25) is 0 Å². The molecule has 1 atom stereocenters. The maximum Gasteiger partial charge on any atom is 0.110 e. The lowest BCUT2D eigenvalue weighted by Gasteiger charge is -2.36. The number of thiazole rings is 1. The summed E-state index contributed by atoms with van der Waals surface area (Å²) in [6, 6.07) is 0.433. The van der Waals surface area contributed by atoms with Crippen LogP contribution < -0.4 is 0 Å². The van der Waals surface area contributed by atoms with Gasteiger partial charge in [0.15, 0.2) is 0 Å². The van der Waals surface area contributed by atoms with Crippen molar-refractivity contribution >= 4 is 22.9 Å². The molecule has 1 unspecified atom stereocenters. The van der Waals surface area contributed by atoms with E-state index in [1.807, 2.05) is 0 Å². The van der Waals surface area contributed by atoms with Crippen LogP contribution in [0.4, 0.5) is 0 Å². The standard InChI is InChI=1S/C14H24ClN3S/c1-11(14-16-13(8-15)10-19-14)18-6-4-12(5-7-18)9-17(2)3/h10-12H,4-9H2,1-3H3. The first-order valence-electron chi connectivity index (χ1n) is 6.99. The van der Waals surface area contributed by atoms with Crippen LogP contribution in [0.5, 0.6) is 0 Å². The number of nitrogens with zero attached hydrogens (tertiary/aromatic N) is 3. The van der Waals surface area contributed by atoms with E-state index >= 15 is 0 Å². The highest BCUT2D eigenvalue weighted by Gasteiger charge is 2.25. The molecule has 2 rings (SSSR count). The average molecular weight is 302 g/mol. The van der Waals surface area contributed by atoms with Crippen molar-refractivity contribution in [1.29, 1.82) is 0 Å². The first-order valence-corrected chi connectivity index (χ1v) is 8.40. The Morgan fingerprint density at radius 3 is 2.68 bits per heavy atom. The summed E-state index contributed by atoms with van der Waals surface area (Å²) >= 11 is 7.57. The summed E-state index contributed by atoms with van der Waals surface area (Å²) in [5.41, 5.74) is 1.01. The quantitative estimate of drug-likeness (QED) is 0.779. The van der Waals surface area contributed by atoms with Crippen molar-refractivity contribution < 1.29 is 0 Å². The van der Waals surface area contributed by atoms with E-state index in [4.69, 9.17) is 11.6 Å². The smallest absolute Gasteiger partial charge is 0.110 e. The van der Waals surface area contributed by atoms with Crippen LogP contribution in [0.3, 0.4) is 0 Å². The molecule has 19 heavy (non-hydrogen) atoms. The lowest BCUT2D eigenvalue weighted by molar-refractivity contribution is 0.127. The summed E-state index contributed by atoms with van der Waals surface area (Å²) in [7, 11) is 4.33. The number of alkyl halides is 1. The molecule has 3 nitrogen and oxygen atoms in total. The Bertz CT molecular complexity index is 386. The highest BCUT2D eigenvalue weighted by Crippen LogP contribution is 2.28. The molecule has 0 saturated carbocycles. The maximum absolute atomic E-state index is 5.82. The number of aromatic nitrogens is 1. The van der Waals surface area contributed by atoms with Gasteiger partial charge in [-0.15, -0.1) is 22.9 Å². The summed E-state index contributed by atoms with van der Waals surface area (Å²) in [4.78, 5) is 9.47. The van der Waals surface area contributed by atoms with Gasteiger partial charge in [-0.2, -0.15) is 0 Å². The van der Waals surface area contributed by atoms with Gasteiger partial charge in [-0.3, -0.25) is 4.90 Å². The minimum atomic E-state index is 0.433. The predicted molar refractivity (Wildman–Crippen MR) is 82.9 cm³/mol. The Hall–Kier alpha value is -0.160. The normalized spacial score (nSPS) is 20.1. The van der Waals surface area contributed by atoms with Gasteiger partial charge in [0.05, 0.1) is 17.6 Å². The minimum Gasteiger partial charge on any atom is -0.309 e. The van der Waals surface area contributed by atoms with E-state index in [2.05, 4.69) is 41.2 Å². The summed E-state index contributed by atoms with van der Waals surface area (Å²) in [6.45, 7) is 5.86. The fourth-order valence-electron chi connectivity index (χ4n) is 2.77. The Morgan fingerprint density at radius 1 is 1.47 bits per heavy atom. The lowest BCUT2D eigenvalue weighted by atomic mass is 9.95. The van der Waals surface area contributed by atoms with E-state index in [1.165, 1.54) is 37.5 Å². The van der Waals surface area contributed by atoms with Crippen LogP contribution in [0, 0.1) is 5.92 Å². The number of likely N-dealkylation sites (tertiary alicyclic amines) is 1. The van der Waals surface area contributed by atoms with Crippen molar-refractivity contribution in [3.63, 3.8) is 0 Å². The van der Waals surface area contributed by atoms with Gasteiger partial charge < -0.3 is 4.90 Å². The first kappa shape index (κ1) is 15.2. The largest absolute Gasteiger partial charge is 0.309 e. The number of hydrogen-bond acceptors (Lipinski definition) is 4. The van der Waals surface area contributed by atoms with Gasteiger partial charge in [-0.25, -0.2) is 4.98 Å². The highest BCUT2D eigenvalue weighted by atomic mass is 35.5. The van der Waals surface area contributed by atoms with E-state index < -0.39 is 0 Å². The van der Waals surface area contributed by atoms with Gasteiger partial charge >= 0.3 is 0 Å². The summed E-state index contributed by atoms with van der Waals surface area (Å²) in [6.07, 6.45) is 2.60. The zero-order valence-corrected chi connectivity index (χ0v) is 13.7. The fourth-order valence-corrected chi connectivity index (χ4v) is 3.91. The van der Waals surface area contributed by atoms with Crippen molar-refractivity contribution in [2.24, 2.45) is 5.92 Å². The van der Waals surface area contributed by atoms with E-state index in [1.54, 1.807) is 11.3 Å². The van der Waals surface area contributed by atoms with Crippen LogP contribution in [0.15, 0.2) is 5.38 Å². The predicted octanol–water partition coefficient (Wildman–Crippen LogP) is 3.22. The van der Waals surface area contributed by atoms with Crippen molar-refractivity contribution in [1.82, 2.24) is 14.8 Å². The molecule has 0 aliphatic carbocycles. The van der Waals surface area contributed by atoms with Gasteiger partial charge in [0.1, 0.15) is 5.01 Å². The molecule has 0 amide bonds. The van der Waals surface area contributed by atoms with E-state index in [9.17, 15) is 0 Å². The number of piperidine rings is 1. The molecule has 0 spiro atoms. The molecule has 108 valence electrons. The molecular weight excluding hydrogens is 278 g/mol. The lowest BCUT2D eigenvalue weighted by Crippen LogP contribution is -2.38. The Kier molecular flexibility index (Phi) is 5.63. The zero-order chi connectivity index (χ0) is 13.8. The summed E-state index contributed by atoms with van der Waals surface area (Å²) < 4.78 is 0. The van der Waals surface area contributed by atoms with Crippen LogP contribution in [-0.2, 0) is 5.88 Å². The van der Waals surface area contributed by atoms with Gasteiger partial charge in [-0.05, 0) is 52.9 Å². The van der Waals surface area contributed by atoms with Crippen LogP contribution in [0.1, 0.15) is 36.5 Å². The minimum absolute atomic E-state index is 0.433. The Balaban J connectivity index is 1.86. The van der Waals surface area contributed by atoms with Gasteiger partial charge in [-0.1, -0.05) is 0 Å². The van der Waals surface area contributed by atoms with Crippen LogP contribution >= 0.6 is 22.9 Å². The highest BCUT2D eigenvalue weighted by molar-refractivity contribution is 7.09. The third-order valence-electron chi connectivity index (χ3n) is 3.88. The number of rotatable bonds is 5. The van der Waals surface area contributed by atoms with E-state index in [0.29, 0.717) is 11.9 Å². The molecule has 1 aliphatic heterocycles. The van der Waals surface area contributed by atoms with Crippen LogP contribution in [-0.4, -0.2) is 48.5 Å². The second-order valence-corrected chi connectivity index (χ2v) is 6.89. The molecular formula is C14H24ClN3S. The Morgan fingerprint density at radius 2 is 2.16 bits per heavy atom. The van der Waals surface area contributed by atoms with Crippen LogP contribution in [0.2, 0.25) is 0 Å². The molecule has 0 N–H and O–H groups in total. The monoisotopic (exact) mass is 301 g/mol. The number of halogens is 1. The summed E-state index contributed by atoms with van der Waals surface area (Å²) in [5.74, 6) is 1.38. The SMILES string of the molecule is CC(c1nc(CCl)cs1)N1CCC(CN(C)C)CC1. The maximum atomic E-state index is 5.82. The Labute approximate surface area is 125 Å². The van der Waals surface area contributed by atoms with Gasteiger partial charge in [0.25, 0.3) is 0 Å². The molecule has 2 heterocycles. The van der Waals surface area contributed by atoms with Crippen molar-refractivity contribution in [2.45, 2.75) is 31.7 Å². The second-order valence-electron chi connectivity index (χ2n) is 5.73. The number of hydrogen-bond donors (Lipinski definition) is 0. The third kappa shape index (κ3) is 4.15. The first-order chi connectivity index (χ1) is 9.10. The third-order valence-corrected chi connectivity index (χ3v) is 5.22.